The van der Waals surface area contributed by atoms with Crippen LogP contribution in [-0.4, -0.2) is 23.1 Å². The third-order valence-electron chi connectivity index (χ3n) is 3.08. The Labute approximate surface area is 104 Å². The first kappa shape index (κ1) is 11.1. The van der Waals surface area contributed by atoms with Gasteiger partial charge < -0.3 is 4.90 Å². The zero-order valence-corrected chi connectivity index (χ0v) is 11.1. The van der Waals surface area contributed by atoms with Gasteiger partial charge in [-0.3, -0.25) is 0 Å². The maximum absolute atomic E-state index is 4.36. The van der Waals surface area contributed by atoms with Crippen molar-refractivity contribution >= 4 is 28.5 Å². The zero-order chi connectivity index (χ0) is 10.7. The number of hydrogen-bond donors (Lipinski definition) is 0. The molecule has 1 aromatic rings. The zero-order valence-electron chi connectivity index (χ0n) is 8.99. The van der Waals surface area contributed by atoms with Gasteiger partial charge in [0.2, 0.25) is 5.95 Å². The predicted octanol–water partition coefficient (Wildman–Crippen LogP) is 2.71. The summed E-state index contributed by atoms with van der Waals surface area (Å²) in [6, 6.07) is 0. The van der Waals surface area contributed by atoms with Gasteiger partial charge in [0.25, 0.3) is 0 Å². The van der Waals surface area contributed by atoms with Gasteiger partial charge in [-0.2, -0.15) is 0 Å². The van der Waals surface area contributed by atoms with E-state index in [9.17, 15) is 0 Å². The lowest BCUT2D eigenvalue weighted by Crippen LogP contribution is -2.34. The standard InChI is InChI=1S/C11H16IN3/c1-2-9-3-5-15(6-4-9)11-13-7-10(12)8-14-11/h7-9H,2-6H2,1H3. The van der Waals surface area contributed by atoms with Gasteiger partial charge in [-0.05, 0) is 41.4 Å². The summed E-state index contributed by atoms with van der Waals surface area (Å²) >= 11 is 2.23. The second-order valence-electron chi connectivity index (χ2n) is 4.04. The first-order valence-electron chi connectivity index (χ1n) is 5.52. The number of rotatable bonds is 2. The molecule has 0 radical (unpaired) electrons. The summed E-state index contributed by atoms with van der Waals surface area (Å²) in [5.74, 6) is 1.80. The minimum Gasteiger partial charge on any atom is -0.341 e. The minimum atomic E-state index is 0.893. The average molecular weight is 317 g/mol. The van der Waals surface area contributed by atoms with Gasteiger partial charge in [0.05, 0.1) is 0 Å². The van der Waals surface area contributed by atoms with Crippen molar-refractivity contribution in [1.29, 1.82) is 0 Å². The van der Waals surface area contributed by atoms with Crippen LogP contribution in [0.4, 0.5) is 5.95 Å². The summed E-state index contributed by atoms with van der Waals surface area (Å²) < 4.78 is 1.10. The van der Waals surface area contributed by atoms with E-state index in [0.29, 0.717) is 0 Å². The summed E-state index contributed by atoms with van der Waals surface area (Å²) in [5.41, 5.74) is 0. The first-order chi connectivity index (χ1) is 7.29. The summed E-state index contributed by atoms with van der Waals surface area (Å²) in [6.45, 7) is 4.50. The Morgan fingerprint density at radius 3 is 2.47 bits per heavy atom. The monoisotopic (exact) mass is 317 g/mol. The fraction of sp³-hybridized carbons (Fsp3) is 0.636. The van der Waals surface area contributed by atoms with E-state index >= 15 is 0 Å². The summed E-state index contributed by atoms with van der Waals surface area (Å²) in [5, 5.41) is 0. The molecule has 0 aliphatic carbocycles. The molecular weight excluding hydrogens is 301 g/mol. The Balaban J connectivity index is 1.98. The van der Waals surface area contributed by atoms with Crippen LogP contribution in [0, 0.1) is 9.49 Å². The Morgan fingerprint density at radius 2 is 1.93 bits per heavy atom. The maximum atomic E-state index is 4.36. The molecule has 3 nitrogen and oxygen atoms in total. The third-order valence-corrected chi connectivity index (χ3v) is 3.64. The van der Waals surface area contributed by atoms with Gasteiger partial charge in [-0.1, -0.05) is 13.3 Å². The largest absolute Gasteiger partial charge is 0.341 e. The van der Waals surface area contributed by atoms with Crippen LogP contribution in [0.15, 0.2) is 12.4 Å². The molecule has 1 fully saturated rings. The van der Waals surface area contributed by atoms with Gasteiger partial charge in [-0.15, -0.1) is 0 Å². The molecule has 2 rings (SSSR count). The van der Waals surface area contributed by atoms with Gasteiger partial charge in [0.15, 0.2) is 0 Å². The van der Waals surface area contributed by atoms with Crippen molar-refractivity contribution in [2.24, 2.45) is 5.92 Å². The second-order valence-corrected chi connectivity index (χ2v) is 5.29. The van der Waals surface area contributed by atoms with E-state index in [-0.39, 0.29) is 0 Å². The van der Waals surface area contributed by atoms with Crippen LogP contribution in [0.5, 0.6) is 0 Å². The Hall–Kier alpha value is -0.390. The third kappa shape index (κ3) is 2.80. The Morgan fingerprint density at radius 1 is 1.33 bits per heavy atom. The molecule has 0 saturated carbocycles. The van der Waals surface area contributed by atoms with E-state index in [1.807, 2.05) is 12.4 Å². The van der Waals surface area contributed by atoms with E-state index in [2.05, 4.69) is 44.4 Å². The minimum absolute atomic E-state index is 0.893. The molecular formula is C11H16IN3. The summed E-state index contributed by atoms with van der Waals surface area (Å²) in [6.07, 6.45) is 7.64. The molecule has 4 heteroatoms. The quantitative estimate of drug-likeness (QED) is 0.786. The fourth-order valence-corrected chi connectivity index (χ4v) is 2.29. The summed E-state index contributed by atoms with van der Waals surface area (Å²) in [4.78, 5) is 11.0. The predicted molar refractivity (Wildman–Crippen MR) is 70.0 cm³/mol. The average Bonchev–Trinajstić information content (AvgIpc) is 2.30. The van der Waals surface area contributed by atoms with Crippen molar-refractivity contribution < 1.29 is 0 Å². The van der Waals surface area contributed by atoms with Crippen molar-refractivity contribution in [2.75, 3.05) is 18.0 Å². The van der Waals surface area contributed by atoms with E-state index in [1.165, 1.54) is 19.3 Å². The smallest absolute Gasteiger partial charge is 0.225 e. The van der Waals surface area contributed by atoms with E-state index in [0.717, 1.165) is 28.5 Å². The van der Waals surface area contributed by atoms with Gasteiger partial charge >= 0.3 is 0 Å². The number of aromatic nitrogens is 2. The molecule has 0 bridgehead atoms. The van der Waals surface area contributed by atoms with E-state index < -0.39 is 0 Å². The molecule has 0 N–H and O–H groups in total. The molecule has 0 amide bonds. The number of hydrogen-bond acceptors (Lipinski definition) is 3. The topological polar surface area (TPSA) is 29.0 Å². The van der Waals surface area contributed by atoms with Crippen molar-refractivity contribution in [3.63, 3.8) is 0 Å². The van der Waals surface area contributed by atoms with E-state index in [4.69, 9.17) is 0 Å². The van der Waals surface area contributed by atoms with Crippen LogP contribution in [-0.2, 0) is 0 Å². The molecule has 1 aliphatic heterocycles. The van der Waals surface area contributed by atoms with E-state index in [1.54, 1.807) is 0 Å². The molecule has 2 heterocycles. The maximum Gasteiger partial charge on any atom is 0.225 e. The van der Waals surface area contributed by atoms with Crippen LogP contribution in [0.2, 0.25) is 0 Å². The van der Waals surface area contributed by atoms with Crippen molar-refractivity contribution in [1.82, 2.24) is 9.97 Å². The van der Waals surface area contributed by atoms with Crippen LogP contribution in [0.1, 0.15) is 26.2 Å². The van der Waals surface area contributed by atoms with Crippen molar-refractivity contribution in [3.05, 3.63) is 16.0 Å². The number of nitrogens with zero attached hydrogens (tertiary/aromatic N) is 3. The number of anilines is 1. The van der Waals surface area contributed by atoms with Crippen LogP contribution < -0.4 is 4.90 Å². The molecule has 0 aromatic carbocycles. The molecule has 1 aromatic heterocycles. The van der Waals surface area contributed by atoms with Crippen molar-refractivity contribution in [2.45, 2.75) is 26.2 Å². The van der Waals surface area contributed by atoms with Gasteiger partial charge in [0, 0.05) is 29.1 Å². The van der Waals surface area contributed by atoms with Crippen molar-refractivity contribution in [3.8, 4) is 0 Å². The highest BCUT2D eigenvalue weighted by molar-refractivity contribution is 14.1. The molecule has 82 valence electrons. The Kier molecular flexibility index (Phi) is 3.77. The number of halogens is 1. The normalized spacial score (nSPS) is 18.1. The lowest BCUT2D eigenvalue weighted by molar-refractivity contribution is 0.392. The molecule has 0 spiro atoms. The lowest BCUT2D eigenvalue weighted by atomic mass is 9.95. The van der Waals surface area contributed by atoms with Crippen LogP contribution in [0.25, 0.3) is 0 Å². The van der Waals surface area contributed by atoms with Crippen LogP contribution >= 0.6 is 22.6 Å². The second kappa shape index (κ2) is 5.09. The summed E-state index contributed by atoms with van der Waals surface area (Å²) in [7, 11) is 0. The molecule has 15 heavy (non-hydrogen) atoms. The highest BCUT2D eigenvalue weighted by atomic mass is 127. The molecule has 1 aliphatic rings. The SMILES string of the molecule is CCC1CCN(c2ncc(I)cn2)CC1. The molecule has 0 atom stereocenters. The molecule has 0 unspecified atom stereocenters. The molecule has 1 saturated heterocycles. The highest BCUT2D eigenvalue weighted by Crippen LogP contribution is 2.22. The fourth-order valence-electron chi connectivity index (χ4n) is 2.01. The first-order valence-corrected chi connectivity index (χ1v) is 6.60. The van der Waals surface area contributed by atoms with Gasteiger partial charge in [-0.25, -0.2) is 9.97 Å². The number of piperidine rings is 1. The van der Waals surface area contributed by atoms with Gasteiger partial charge in [0.1, 0.15) is 0 Å². The van der Waals surface area contributed by atoms with Crippen LogP contribution in [0.3, 0.4) is 0 Å². The lowest BCUT2D eigenvalue weighted by Gasteiger charge is -2.31. The Bertz CT molecular complexity index is 304. The highest BCUT2D eigenvalue weighted by Gasteiger charge is 2.19.